The van der Waals surface area contributed by atoms with Crippen LogP contribution in [0.4, 0.5) is 4.79 Å². The number of nitrogens with one attached hydrogen (secondary N) is 1. The van der Waals surface area contributed by atoms with Gasteiger partial charge in [0.25, 0.3) is 0 Å². The number of carbonyl (C=O) groups is 2. The smallest absolute Gasteiger partial charge is 0.413 e. The zero-order valence-electron chi connectivity index (χ0n) is 11.4. The largest absolute Gasteiger partial charge is 0.480 e. The minimum atomic E-state index is -1.45. The van der Waals surface area contributed by atoms with Crippen molar-refractivity contribution in [2.45, 2.75) is 12.5 Å². The molecule has 1 aromatic carbocycles. The third kappa shape index (κ3) is 6.47. The van der Waals surface area contributed by atoms with Gasteiger partial charge in [0.05, 0.1) is 18.6 Å². The Bertz CT molecular complexity index is 508. The van der Waals surface area contributed by atoms with Gasteiger partial charge in [-0.1, -0.05) is 12.1 Å². The van der Waals surface area contributed by atoms with E-state index in [4.69, 9.17) is 25.4 Å². The summed E-state index contributed by atoms with van der Waals surface area (Å²) in [5.41, 5.74) is 0.684. The fourth-order valence-electron chi connectivity index (χ4n) is 1.47. The van der Waals surface area contributed by atoms with E-state index in [9.17, 15) is 9.59 Å². The van der Waals surface area contributed by atoms with Crippen LogP contribution in [0.5, 0.6) is 5.75 Å². The fraction of sp³-hybridized carbons (Fsp3) is 0.333. The van der Waals surface area contributed by atoms with Crippen LogP contribution in [-0.4, -0.2) is 57.3 Å². The van der Waals surface area contributed by atoms with E-state index >= 15 is 0 Å². The number of carbonyl (C=O) groups excluding carboxylic acids is 1. The van der Waals surface area contributed by atoms with E-state index in [-0.39, 0.29) is 12.4 Å². The van der Waals surface area contributed by atoms with Gasteiger partial charge in [-0.3, -0.25) is 15.3 Å². The van der Waals surface area contributed by atoms with Gasteiger partial charge < -0.3 is 20.3 Å². The van der Waals surface area contributed by atoms with Crippen molar-refractivity contribution in [3.63, 3.8) is 0 Å². The van der Waals surface area contributed by atoms with E-state index in [1.54, 1.807) is 12.1 Å². The van der Waals surface area contributed by atoms with Gasteiger partial charge in [-0.25, -0.2) is 9.59 Å². The van der Waals surface area contributed by atoms with Gasteiger partial charge >= 0.3 is 12.1 Å². The molecule has 0 aromatic heterocycles. The highest BCUT2D eigenvalue weighted by Gasteiger charge is 2.19. The maximum atomic E-state index is 11.5. The molecular weight excluding hydrogens is 300 g/mol. The first-order valence-electron chi connectivity index (χ1n) is 6.14. The summed E-state index contributed by atoms with van der Waals surface area (Å²) in [6.07, 6.45) is -0.711. The number of aliphatic carboxylic acids is 1. The highest BCUT2D eigenvalue weighted by atomic mass is 17.1. The Morgan fingerprint density at radius 1 is 1.32 bits per heavy atom. The summed E-state index contributed by atoms with van der Waals surface area (Å²) in [6, 6.07) is 4.80. The molecule has 0 aliphatic carbocycles. The molecule has 122 valence electrons. The molecule has 0 aliphatic heterocycles. The molecular formula is C12H16N2O8. The lowest BCUT2D eigenvalue weighted by atomic mass is 10.1. The number of hydrogen-bond donors (Lipinski definition) is 5. The Labute approximate surface area is 125 Å². The maximum absolute atomic E-state index is 11.5. The predicted octanol–water partition coefficient (Wildman–Crippen LogP) is -0.225. The second kappa shape index (κ2) is 8.92. The number of hydrogen-bond acceptors (Lipinski definition) is 8. The summed E-state index contributed by atoms with van der Waals surface area (Å²) in [7, 11) is 0. The monoisotopic (exact) mass is 316 g/mol. The van der Waals surface area contributed by atoms with Crippen molar-refractivity contribution < 1.29 is 39.8 Å². The van der Waals surface area contributed by atoms with Crippen molar-refractivity contribution in [2.75, 3.05) is 13.2 Å². The van der Waals surface area contributed by atoms with Gasteiger partial charge in [0.2, 0.25) is 0 Å². The summed E-state index contributed by atoms with van der Waals surface area (Å²) in [4.78, 5) is 26.5. The molecule has 22 heavy (non-hydrogen) atoms. The van der Waals surface area contributed by atoms with E-state index in [0.717, 1.165) is 0 Å². The van der Waals surface area contributed by atoms with E-state index < -0.39 is 30.1 Å². The summed E-state index contributed by atoms with van der Waals surface area (Å²) in [5, 5.41) is 35.8. The van der Waals surface area contributed by atoms with Crippen LogP contribution in [-0.2, 0) is 16.1 Å². The van der Waals surface area contributed by atoms with Gasteiger partial charge in [-0.2, -0.15) is 0 Å². The number of amides is 1. The van der Waals surface area contributed by atoms with Crippen molar-refractivity contribution >= 4 is 12.1 Å². The highest BCUT2D eigenvalue weighted by Crippen LogP contribution is 2.14. The molecule has 5 N–H and O–H groups in total. The van der Waals surface area contributed by atoms with Crippen molar-refractivity contribution in [3.05, 3.63) is 29.8 Å². The molecule has 0 bridgehead atoms. The Morgan fingerprint density at radius 2 is 2.05 bits per heavy atom. The van der Waals surface area contributed by atoms with Crippen molar-refractivity contribution in [2.24, 2.45) is 0 Å². The summed E-state index contributed by atoms with van der Waals surface area (Å²) in [6.45, 7) is -0.783. The minimum absolute atomic E-state index is 0.0196. The van der Waals surface area contributed by atoms with Gasteiger partial charge in [0, 0.05) is 0 Å². The Kier molecular flexibility index (Phi) is 7.22. The Hall–Kier alpha value is -2.24. The third-order valence-corrected chi connectivity index (χ3v) is 2.48. The summed E-state index contributed by atoms with van der Waals surface area (Å²) < 4.78 is 4.89. The number of aliphatic hydroxyl groups is 1. The van der Waals surface area contributed by atoms with Crippen LogP contribution in [0.15, 0.2) is 24.3 Å². The van der Waals surface area contributed by atoms with Gasteiger partial charge in [-0.05, 0) is 24.1 Å². The van der Waals surface area contributed by atoms with Gasteiger partial charge in [-0.15, -0.1) is 0 Å². The Balaban J connectivity index is 2.54. The predicted molar refractivity (Wildman–Crippen MR) is 69.2 cm³/mol. The van der Waals surface area contributed by atoms with Gasteiger partial charge in [0.1, 0.15) is 5.75 Å². The number of benzene rings is 1. The quantitative estimate of drug-likeness (QED) is 0.410. The van der Waals surface area contributed by atoms with E-state index in [1.165, 1.54) is 12.1 Å². The molecule has 0 fully saturated rings. The molecule has 10 heteroatoms. The molecule has 1 amide bonds. The van der Waals surface area contributed by atoms with E-state index in [0.29, 0.717) is 12.0 Å². The summed E-state index contributed by atoms with van der Waals surface area (Å²) >= 11 is 0. The second-order valence-corrected chi connectivity index (χ2v) is 4.09. The molecule has 0 aliphatic rings. The third-order valence-electron chi connectivity index (χ3n) is 2.48. The molecule has 0 spiro atoms. The average molecular weight is 316 g/mol. The van der Waals surface area contributed by atoms with Crippen LogP contribution < -0.4 is 10.1 Å². The van der Waals surface area contributed by atoms with Crippen molar-refractivity contribution in [1.29, 1.82) is 0 Å². The molecule has 0 saturated heterocycles. The molecule has 0 saturated carbocycles. The van der Waals surface area contributed by atoms with Crippen LogP contribution in [0, 0.1) is 0 Å². The van der Waals surface area contributed by atoms with Crippen molar-refractivity contribution in [1.82, 2.24) is 10.7 Å². The number of carboxylic acid groups (broad SMARTS) is 1. The fourth-order valence-corrected chi connectivity index (χ4v) is 1.47. The summed E-state index contributed by atoms with van der Waals surface area (Å²) in [5.74, 6) is -1.23. The van der Waals surface area contributed by atoms with Crippen LogP contribution in [0.25, 0.3) is 0 Å². The number of rotatable bonds is 8. The number of carboxylic acids is 1. The Morgan fingerprint density at radius 3 is 2.64 bits per heavy atom. The molecule has 1 atom stereocenters. The first kappa shape index (κ1) is 17.8. The molecule has 1 aromatic rings. The van der Waals surface area contributed by atoms with E-state index in [1.807, 2.05) is 5.32 Å². The lowest BCUT2D eigenvalue weighted by Gasteiger charge is -2.12. The first-order valence-corrected chi connectivity index (χ1v) is 6.14. The lowest BCUT2D eigenvalue weighted by molar-refractivity contribution is -0.492. The zero-order valence-corrected chi connectivity index (χ0v) is 11.4. The van der Waals surface area contributed by atoms with Crippen molar-refractivity contribution in [3.8, 4) is 5.75 Å². The van der Waals surface area contributed by atoms with Crippen LogP contribution in [0.3, 0.4) is 0 Å². The molecule has 1 unspecified atom stereocenters. The second-order valence-electron chi connectivity index (χ2n) is 4.09. The van der Waals surface area contributed by atoms with Crippen LogP contribution in [0.2, 0.25) is 0 Å². The minimum Gasteiger partial charge on any atom is -0.480 e. The van der Waals surface area contributed by atoms with E-state index in [2.05, 4.69) is 4.84 Å². The average Bonchev–Trinajstić information content (AvgIpc) is 2.44. The highest BCUT2D eigenvalue weighted by molar-refractivity contribution is 5.80. The molecule has 0 heterocycles. The number of aliphatic hydroxyl groups excluding tert-OH is 1. The first-order chi connectivity index (χ1) is 10.4. The molecule has 1 rings (SSSR count). The van der Waals surface area contributed by atoms with Gasteiger partial charge in [0.15, 0.2) is 6.04 Å². The zero-order chi connectivity index (χ0) is 16.5. The maximum Gasteiger partial charge on any atom is 0.413 e. The topological polar surface area (TPSA) is 149 Å². The van der Waals surface area contributed by atoms with Crippen LogP contribution in [0.1, 0.15) is 5.56 Å². The number of nitrogens with zero attached hydrogens (tertiary/aromatic N) is 1. The SMILES string of the molecule is O=C(NC(CO)C(=O)O)Oc1cccc(CCON(O)O)c1. The molecule has 10 nitrogen and oxygen atoms in total. The normalized spacial score (nSPS) is 12.0. The number of ether oxygens (including phenoxy) is 1. The van der Waals surface area contributed by atoms with Crippen LogP contribution >= 0.6 is 0 Å². The molecule has 0 radical (unpaired) electrons. The lowest BCUT2D eigenvalue weighted by Crippen LogP contribution is -2.44. The standard InChI is InChI=1S/C12H16N2O8/c15-7-10(11(16)17)13-12(18)22-9-3-1-2-8(6-9)4-5-21-14(19)20/h1-3,6,10,15,19-20H,4-5,7H2,(H,13,18)(H,16,17).